The van der Waals surface area contributed by atoms with Gasteiger partial charge in [0.15, 0.2) is 0 Å². The third-order valence-corrected chi connectivity index (χ3v) is 6.37. The van der Waals surface area contributed by atoms with Gasteiger partial charge in [-0.2, -0.15) is 26.3 Å². The first kappa shape index (κ1) is 32.5. The number of hydrogen-bond donors (Lipinski definition) is 0. The zero-order chi connectivity index (χ0) is 31.6. The molecule has 2 aromatic carbocycles. The summed E-state index contributed by atoms with van der Waals surface area (Å²) < 4.78 is 94.7. The van der Waals surface area contributed by atoms with Crippen LogP contribution in [-0.2, 0) is 44.4 Å². The molecular weight excluding hydrogens is 574 g/mol. The first-order valence-corrected chi connectivity index (χ1v) is 12.7. The molecule has 1 heterocycles. The van der Waals surface area contributed by atoms with Gasteiger partial charge in [0, 0.05) is 24.8 Å². The Balaban J connectivity index is 1.75. The van der Waals surface area contributed by atoms with Crippen LogP contribution in [0.4, 0.5) is 36.8 Å². The number of hydrogen-bond acceptors (Lipinski definition) is 6. The van der Waals surface area contributed by atoms with Crippen molar-refractivity contribution in [1.29, 1.82) is 0 Å². The largest absolute Gasteiger partial charge is 0.489 e. The lowest BCUT2D eigenvalue weighted by atomic mass is 10.0. The monoisotopic (exact) mass is 604 g/mol. The number of rotatable bonds is 7. The molecule has 1 aliphatic rings. The van der Waals surface area contributed by atoms with Gasteiger partial charge in [-0.15, -0.1) is 0 Å². The number of carbonyl (C=O) groups excluding carboxylic acids is 3. The number of methoxy groups -OCH3 is 1. The molecule has 0 spiro atoms. The Morgan fingerprint density at radius 1 is 0.976 bits per heavy atom. The maximum Gasteiger partial charge on any atom is 0.416 e. The van der Waals surface area contributed by atoms with E-state index in [0.717, 1.165) is 18.1 Å². The number of esters is 1. The van der Waals surface area contributed by atoms with Gasteiger partial charge in [0.2, 0.25) is 5.91 Å². The first-order valence-electron chi connectivity index (χ1n) is 12.7. The zero-order valence-electron chi connectivity index (χ0n) is 23.5. The summed E-state index contributed by atoms with van der Waals surface area (Å²) in [6, 6.07) is 4.50. The Hall–Kier alpha value is -3.97. The highest BCUT2D eigenvalue weighted by Gasteiger charge is 2.39. The Morgan fingerprint density at radius 2 is 1.64 bits per heavy atom. The molecule has 0 aromatic heterocycles. The topological polar surface area (TPSA) is 85.4 Å². The van der Waals surface area contributed by atoms with Crippen LogP contribution in [0.15, 0.2) is 36.4 Å². The van der Waals surface area contributed by atoms with E-state index in [-0.39, 0.29) is 18.4 Å². The molecule has 0 radical (unpaired) electrons. The van der Waals surface area contributed by atoms with E-state index >= 15 is 0 Å². The van der Waals surface area contributed by atoms with Crippen LogP contribution in [0, 0.1) is 0 Å². The van der Waals surface area contributed by atoms with E-state index in [1.54, 1.807) is 20.8 Å². The fourth-order valence-electron chi connectivity index (χ4n) is 4.28. The number of carbonyl (C=O) groups is 3. The predicted molar refractivity (Wildman–Crippen MR) is 138 cm³/mol. The van der Waals surface area contributed by atoms with Gasteiger partial charge >= 0.3 is 24.4 Å². The molecule has 14 heteroatoms. The van der Waals surface area contributed by atoms with E-state index in [2.05, 4.69) is 0 Å². The molecule has 1 atom stereocenters. The summed E-state index contributed by atoms with van der Waals surface area (Å²) in [4.78, 5) is 40.5. The van der Waals surface area contributed by atoms with Crippen LogP contribution in [0.1, 0.15) is 49.4 Å². The van der Waals surface area contributed by atoms with Crippen LogP contribution < -0.4 is 9.64 Å². The molecule has 8 nitrogen and oxygen atoms in total. The minimum absolute atomic E-state index is 0.0483. The van der Waals surface area contributed by atoms with Gasteiger partial charge in [-0.1, -0.05) is 6.07 Å². The summed E-state index contributed by atoms with van der Waals surface area (Å²) in [6.45, 7) is 4.52. The Morgan fingerprint density at radius 3 is 2.21 bits per heavy atom. The molecule has 0 saturated heterocycles. The van der Waals surface area contributed by atoms with E-state index < -0.39 is 71.7 Å². The molecule has 3 rings (SSSR count). The van der Waals surface area contributed by atoms with Crippen LogP contribution in [0.5, 0.6) is 5.75 Å². The lowest BCUT2D eigenvalue weighted by Gasteiger charge is -2.30. The van der Waals surface area contributed by atoms with Crippen LogP contribution in [-0.4, -0.2) is 55.2 Å². The van der Waals surface area contributed by atoms with Gasteiger partial charge in [0.05, 0.1) is 24.7 Å². The molecule has 0 fully saturated rings. The normalized spacial score (nSPS) is 14.2. The van der Waals surface area contributed by atoms with E-state index in [1.165, 1.54) is 30.1 Å². The number of ether oxygens (including phenoxy) is 3. The molecule has 2 aromatic rings. The summed E-state index contributed by atoms with van der Waals surface area (Å²) in [5.41, 5.74) is -3.10. The van der Waals surface area contributed by atoms with Crippen molar-refractivity contribution in [2.24, 2.45) is 0 Å². The van der Waals surface area contributed by atoms with E-state index in [4.69, 9.17) is 14.2 Å². The van der Waals surface area contributed by atoms with Crippen molar-refractivity contribution in [2.45, 2.75) is 64.2 Å². The summed E-state index contributed by atoms with van der Waals surface area (Å²) in [6.07, 6.45) is -10.8. The molecule has 42 heavy (non-hydrogen) atoms. The summed E-state index contributed by atoms with van der Waals surface area (Å²) in [5, 5.41) is 0. The predicted octanol–water partition coefficient (Wildman–Crippen LogP) is 5.99. The van der Waals surface area contributed by atoms with Crippen molar-refractivity contribution in [3.63, 3.8) is 0 Å². The van der Waals surface area contributed by atoms with Gasteiger partial charge in [-0.3, -0.25) is 9.69 Å². The average molecular weight is 605 g/mol. The minimum Gasteiger partial charge on any atom is -0.489 e. The molecule has 0 saturated carbocycles. The average Bonchev–Trinajstić information content (AvgIpc) is 3.31. The number of fused-ring (bicyclic) bond motifs is 1. The van der Waals surface area contributed by atoms with E-state index in [9.17, 15) is 40.7 Å². The molecule has 0 N–H and O–H groups in total. The van der Waals surface area contributed by atoms with Gasteiger partial charge in [-0.05, 0) is 63.1 Å². The molecule has 0 aliphatic carbocycles. The molecule has 230 valence electrons. The number of amides is 2. The van der Waals surface area contributed by atoms with Gasteiger partial charge in [-0.25, -0.2) is 9.59 Å². The second kappa shape index (κ2) is 12.1. The molecule has 0 bridgehead atoms. The molecule has 1 unspecified atom stereocenters. The second-order valence-corrected chi connectivity index (χ2v) is 10.6. The first-order chi connectivity index (χ1) is 19.3. The molecule has 2 amide bonds. The molecule has 1 aliphatic heterocycles. The van der Waals surface area contributed by atoms with Crippen molar-refractivity contribution in [3.8, 4) is 5.75 Å². The lowest BCUT2D eigenvalue weighted by Crippen LogP contribution is -2.48. The SMILES string of the molecule is COC(=O)C(CC(=O)N1CCc2cc(OCc3ccc(C(F)(F)F)cc3C(F)(F)F)ccc21)N(C)C(=O)OC(C)(C)C. The number of alkyl halides is 6. The summed E-state index contributed by atoms with van der Waals surface area (Å²) in [5.74, 6) is -1.16. The fourth-order valence-corrected chi connectivity index (χ4v) is 4.28. The highest BCUT2D eigenvalue weighted by molar-refractivity contribution is 5.98. The van der Waals surface area contributed by atoms with Crippen molar-refractivity contribution >= 4 is 23.7 Å². The minimum atomic E-state index is -5.03. The highest BCUT2D eigenvalue weighted by Crippen LogP contribution is 2.38. The number of nitrogens with zero attached hydrogens (tertiary/aromatic N) is 2. The zero-order valence-corrected chi connectivity index (χ0v) is 23.5. The van der Waals surface area contributed by atoms with E-state index in [1.807, 2.05) is 0 Å². The van der Waals surface area contributed by atoms with E-state index in [0.29, 0.717) is 23.7 Å². The smallest absolute Gasteiger partial charge is 0.416 e. The lowest BCUT2D eigenvalue weighted by molar-refractivity contribution is -0.148. The second-order valence-electron chi connectivity index (χ2n) is 10.6. The Bertz CT molecular complexity index is 1340. The summed E-state index contributed by atoms with van der Waals surface area (Å²) in [7, 11) is 2.43. The number of halogens is 6. The number of anilines is 1. The van der Waals surface area contributed by atoms with Crippen molar-refractivity contribution < 1.29 is 54.9 Å². The summed E-state index contributed by atoms with van der Waals surface area (Å²) >= 11 is 0. The van der Waals surface area contributed by atoms with Crippen molar-refractivity contribution in [1.82, 2.24) is 4.90 Å². The maximum atomic E-state index is 13.5. The standard InChI is InChI=1S/C28H30F6N2O6/c1-26(2,3)42-25(39)35(4)22(24(38)40-5)14-23(37)36-11-10-16-12-19(8-9-21(16)36)41-15-17-6-7-18(27(29,30)31)13-20(17)28(32,33)34/h6-9,12-13,22H,10-11,14-15H2,1-5H3. The molecular formula is C28H30F6N2O6. The van der Waals surface area contributed by atoms with Gasteiger partial charge < -0.3 is 19.1 Å². The third-order valence-electron chi connectivity index (χ3n) is 6.37. The highest BCUT2D eigenvalue weighted by atomic mass is 19.4. The quantitative estimate of drug-likeness (QED) is 0.285. The van der Waals surface area contributed by atoms with Crippen molar-refractivity contribution in [2.75, 3.05) is 25.6 Å². The van der Waals surface area contributed by atoms with Crippen LogP contribution in [0.2, 0.25) is 0 Å². The fraction of sp³-hybridized carbons (Fsp3) is 0.464. The van der Waals surface area contributed by atoms with Gasteiger partial charge in [0.1, 0.15) is 24.0 Å². The Kier molecular flexibility index (Phi) is 9.38. The van der Waals surface area contributed by atoms with Crippen LogP contribution >= 0.6 is 0 Å². The Labute approximate surface area is 238 Å². The maximum absolute atomic E-state index is 13.5. The van der Waals surface area contributed by atoms with Crippen molar-refractivity contribution in [3.05, 3.63) is 58.7 Å². The number of benzene rings is 2. The van der Waals surface area contributed by atoms with Crippen LogP contribution in [0.25, 0.3) is 0 Å². The van der Waals surface area contributed by atoms with Crippen LogP contribution in [0.3, 0.4) is 0 Å². The number of likely N-dealkylation sites (N-methyl/N-ethyl adjacent to an activating group) is 1. The van der Waals surface area contributed by atoms with Gasteiger partial charge in [0.25, 0.3) is 0 Å². The third kappa shape index (κ3) is 7.85.